The van der Waals surface area contributed by atoms with Crippen LogP contribution in [-0.2, 0) is 7.05 Å². The summed E-state index contributed by atoms with van der Waals surface area (Å²) >= 11 is 3.52. The number of nitrogens with zero attached hydrogens (tertiary/aromatic N) is 4. The Morgan fingerprint density at radius 1 is 1.47 bits per heavy atom. The van der Waals surface area contributed by atoms with E-state index in [0.717, 1.165) is 22.4 Å². The van der Waals surface area contributed by atoms with E-state index in [9.17, 15) is 0 Å². The molecule has 2 aromatic rings. The van der Waals surface area contributed by atoms with E-state index in [4.69, 9.17) is 4.74 Å². The second kappa shape index (κ2) is 6.12. The number of aryl methyl sites for hydroxylation is 1. The van der Waals surface area contributed by atoms with Gasteiger partial charge in [-0.2, -0.15) is 5.10 Å². The average Bonchev–Trinajstić information content (AvgIpc) is 2.76. The largest absolute Gasteiger partial charge is 0.481 e. The van der Waals surface area contributed by atoms with Crippen molar-refractivity contribution in [3.05, 3.63) is 34.5 Å². The van der Waals surface area contributed by atoms with Crippen LogP contribution in [0.1, 0.15) is 24.4 Å². The summed E-state index contributed by atoms with van der Waals surface area (Å²) in [5, 5.41) is 7.64. The first-order valence-electron chi connectivity index (χ1n) is 5.94. The second-order valence-corrected chi connectivity index (χ2v) is 4.83. The molecule has 1 unspecified atom stereocenters. The molecule has 0 aromatic carbocycles. The maximum atomic E-state index is 5.15. The van der Waals surface area contributed by atoms with Gasteiger partial charge in [0.15, 0.2) is 0 Å². The SMILES string of the molecule is CCNC(c1cc(OC)ncn1)c1c(Br)cnn1C. The summed E-state index contributed by atoms with van der Waals surface area (Å²) in [5.74, 6) is 0.547. The average molecular weight is 326 g/mol. The van der Waals surface area contributed by atoms with Crippen LogP contribution in [0.25, 0.3) is 0 Å². The van der Waals surface area contributed by atoms with Crippen molar-refractivity contribution >= 4 is 15.9 Å². The first kappa shape index (κ1) is 14.0. The Hall–Kier alpha value is -1.47. The van der Waals surface area contributed by atoms with Crippen LogP contribution in [-0.4, -0.2) is 33.4 Å². The molecule has 0 saturated heterocycles. The number of hydrogen-bond acceptors (Lipinski definition) is 5. The van der Waals surface area contributed by atoms with Crippen molar-refractivity contribution in [3.8, 4) is 5.88 Å². The third-order valence-electron chi connectivity index (χ3n) is 2.79. The van der Waals surface area contributed by atoms with Crippen molar-refractivity contribution in [2.45, 2.75) is 13.0 Å². The molecule has 0 radical (unpaired) electrons. The molecule has 102 valence electrons. The fraction of sp³-hybridized carbons (Fsp3) is 0.417. The highest BCUT2D eigenvalue weighted by atomic mass is 79.9. The van der Waals surface area contributed by atoms with Crippen LogP contribution in [0.3, 0.4) is 0 Å². The van der Waals surface area contributed by atoms with Gasteiger partial charge in [0.25, 0.3) is 0 Å². The number of aromatic nitrogens is 4. The Labute approximate surface area is 120 Å². The monoisotopic (exact) mass is 325 g/mol. The Balaban J connectivity index is 2.45. The Kier molecular flexibility index (Phi) is 4.49. The zero-order chi connectivity index (χ0) is 13.8. The third kappa shape index (κ3) is 2.93. The van der Waals surface area contributed by atoms with Crippen LogP contribution in [0.5, 0.6) is 5.88 Å². The smallest absolute Gasteiger partial charge is 0.216 e. The molecule has 1 atom stereocenters. The fourth-order valence-electron chi connectivity index (χ4n) is 1.91. The highest BCUT2D eigenvalue weighted by Crippen LogP contribution is 2.27. The van der Waals surface area contributed by atoms with Crippen LogP contribution in [0.4, 0.5) is 0 Å². The lowest BCUT2D eigenvalue weighted by Crippen LogP contribution is -2.25. The number of nitrogens with one attached hydrogen (secondary N) is 1. The van der Waals surface area contributed by atoms with Gasteiger partial charge < -0.3 is 10.1 Å². The molecular formula is C12H16BrN5O. The highest BCUT2D eigenvalue weighted by Gasteiger charge is 2.21. The number of hydrogen-bond donors (Lipinski definition) is 1. The Bertz CT molecular complexity index is 537. The number of rotatable bonds is 5. The van der Waals surface area contributed by atoms with Crippen molar-refractivity contribution < 1.29 is 4.74 Å². The molecule has 7 heteroatoms. The Morgan fingerprint density at radius 2 is 2.26 bits per heavy atom. The van der Waals surface area contributed by atoms with Crippen molar-refractivity contribution in [1.82, 2.24) is 25.1 Å². The minimum Gasteiger partial charge on any atom is -0.481 e. The third-order valence-corrected chi connectivity index (χ3v) is 3.40. The van der Waals surface area contributed by atoms with E-state index in [2.05, 4.69) is 43.2 Å². The normalized spacial score (nSPS) is 12.4. The summed E-state index contributed by atoms with van der Waals surface area (Å²) in [6.45, 7) is 2.87. The quantitative estimate of drug-likeness (QED) is 0.906. The van der Waals surface area contributed by atoms with Crippen LogP contribution in [0.15, 0.2) is 23.1 Å². The molecular weight excluding hydrogens is 310 g/mol. The molecule has 0 fully saturated rings. The summed E-state index contributed by atoms with van der Waals surface area (Å²) in [4.78, 5) is 8.36. The summed E-state index contributed by atoms with van der Waals surface area (Å²) in [6.07, 6.45) is 3.28. The first-order valence-corrected chi connectivity index (χ1v) is 6.73. The lowest BCUT2D eigenvalue weighted by molar-refractivity contribution is 0.394. The van der Waals surface area contributed by atoms with Gasteiger partial charge in [0.1, 0.15) is 6.33 Å². The minimum absolute atomic E-state index is 0.0659. The maximum Gasteiger partial charge on any atom is 0.216 e. The van der Waals surface area contributed by atoms with Crippen molar-refractivity contribution in [2.24, 2.45) is 7.05 Å². The van der Waals surface area contributed by atoms with Crippen LogP contribution in [0.2, 0.25) is 0 Å². The molecule has 19 heavy (non-hydrogen) atoms. The number of halogens is 1. The summed E-state index contributed by atoms with van der Waals surface area (Å²) < 4.78 is 7.92. The summed E-state index contributed by atoms with van der Waals surface area (Å²) in [5.41, 5.74) is 1.86. The number of ether oxygens (including phenoxy) is 1. The van der Waals surface area contributed by atoms with E-state index < -0.39 is 0 Å². The first-order chi connectivity index (χ1) is 9.17. The molecule has 0 aliphatic heterocycles. The maximum absolute atomic E-state index is 5.15. The molecule has 0 spiro atoms. The van der Waals surface area contributed by atoms with Crippen LogP contribution in [0, 0.1) is 0 Å². The van der Waals surface area contributed by atoms with Gasteiger partial charge in [-0.3, -0.25) is 4.68 Å². The van der Waals surface area contributed by atoms with Gasteiger partial charge in [0, 0.05) is 13.1 Å². The fourth-order valence-corrected chi connectivity index (χ4v) is 2.49. The molecule has 0 bridgehead atoms. The van der Waals surface area contributed by atoms with Gasteiger partial charge in [-0.1, -0.05) is 6.92 Å². The van der Waals surface area contributed by atoms with E-state index in [1.54, 1.807) is 13.3 Å². The molecule has 6 nitrogen and oxygen atoms in total. The van der Waals surface area contributed by atoms with Crippen LogP contribution >= 0.6 is 15.9 Å². The lowest BCUT2D eigenvalue weighted by atomic mass is 10.1. The van der Waals surface area contributed by atoms with Crippen molar-refractivity contribution in [3.63, 3.8) is 0 Å². The van der Waals surface area contributed by atoms with Gasteiger partial charge in [-0.05, 0) is 22.5 Å². The van der Waals surface area contributed by atoms with Crippen molar-refractivity contribution in [2.75, 3.05) is 13.7 Å². The number of methoxy groups -OCH3 is 1. The predicted molar refractivity (Wildman–Crippen MR) is 75.0 cm³/mol. The van der Waals surface area contributed by atoms with Gasteiger partial charge >= 0.3 is 0 Å². The molecule has 2 aromatic heterocycles. The molecule has 0 aliphatic rings. The summed E-state index contributed by atoms with van der Waals surface area (Å²) in [6, 6.07) is 1.76. The van der Waals surface area contributed by atoms with Gasteiger partial charge in [0.05, 0.1) is 35.2 Å². The lowest BCUT2D eigenvalue weighted by Gasteiger charge is -2.18. The molecule has 2 heterocycles. The molecule has 0 saturated carbocycles. The van der Waals surface area contributed by atoms with Crippen LogP contribution < -0.4 is 10.1 Å². The summed E-state index contributed by atoms with van der Waals surface area (Å²) in [7, 11) is 3.50. The van der Waals surface area contributed by atoms with E-state index in [1.165, 1.54) is 6.33 Å². The van der Waals surface area contributed by atoms with E-state index in [-0.39, 0.29) is 6.04 Å². The molecule has 2 rings (SSSR count). The van der Waals surface area contributed by atoms with E-state index in [0.29, 0.717) is 5.88 Å². The zero-order valence-corrected chi connectivity index (χ0v) is 12.7. The topological polar surface area (TPSA) is 64.9 Å². The Morgan fingerprint density at radius 3 is 2.84 bits per heavy atom. The van der Waals surface area contributed by atoms with Gasteiger partial charge in [0.2, 0.25) is 5.88 Å². The van der Waals surface area contributed by atoms with Gasteiger partial charge in [-0.25, -0.2) is 9.97 Å². The van der Waals surface area contributed by atoms with Crippen molar-refractivity contribution in [1.29, 1.82) is 0 Å². The molecule has 0 aliphatic carbocycles. The van der Waals surface area contributed by atoms with E-state index in [1.807, 2.05) is 17.8 Å². The standard InChI is InChI=1S/C12H16BrN5O/c1-4-14-11(12-8(13)6-17-18(12)2)9-5-10(19-3)16-7-15-9/h5-7,11,14H,4H2,1-3H3. The minimum atomic E-state index is -0.0659. The van der Waals surface area contributed by atoms with E-state index >= 15 is 0 Å². The second-order valence-electron chi connectivity index (χ2n) is 3.98. The predicted octanol–water partition coefficient (Wildman–Crippen LogP) is 1.68. The highest BCUT2D eigenvalue weighted by molar-refractivity contribution is 9.10. The zero-order valence-electron chi connectivity index (χ0n) is 11.1. The van der Waals surface area contributed by atoms with Gasteiger partial charge in [-0.15, -0.1) is 0 Å². The molecule has 0 amide bonds. The molecule has 1 N–H and O–H groups in total.